The molecule has 0 atom stereocenters. The summed E-state index contributed by atoms with van der Waals surface area (Å²) in [5, 5.41) is 10.8. The van der Waals surface area contributed by atoms with E-state index in [0.717, 1.165) is 0 Å². The van der Waals surface area contributed by atoms with E-state index in [9.17, 15) is 19.3 Å². The molecule has 0 radical (unpaired) electrons. The number of allylic oxidation sites excluding steroid dienone is 1. The Labute approximate surface area is 157 Å². The highest BCUT2D eigenvalue weighted by Gasteiger charge is 2.10. The van der Waals surface area contributed by atoms with E-state index < -0.39 is 16.6 Å². The molecule has 0 N–H and O–H groups in total. The number of para-hydroxylation sites is 1. The van der Waals surface area contributed by atoms with Gasteiger partial charge in [0.15, 0.2) is 4.80 Å². The molecule has 2 aromatic carbocycles. The van der Waals surface area contributed by atoms with Crippen LogP contribution < -0.4 is 4.80 Å². The summed E-state index contributed by atoms with van der Waals surface area (Å²) >= 11 is 1.20. The first-order chi connectivity index (χ1) is 13.0. The van der Waals surface area contributed by atoms with Crippen molar-refractivity contribution in [1.82, 2.24) is 4.57 Å². The Bertz CT molecular complexity index is 1140. The number of hydrogen-bond donors (Lipinski definition) is 0. The Hall–Kier alpha value is -3.39. The molecule has 6 nitrogen and oxygen atoms in total. The maximum Gasteiger partial charge on any atom is 0.272 e. The lowest BCUT2D eigenvalue weighted by Crippen LogP contribution is -2.16. The first-order valence-corrected chi connectivity index (χ1v) is 8.71. The van der Waals surface area contributed by atoms with Crippen molar-refractivity contribution in [2.24, 2.45) is 4.99 Å². The third-order valence-corrected chi connectivity index (χ3v) is 4.71. The van der Waals surface area contributed by atoms with Crippen molar-refractivity contribution in [1.29, 1.82) is 0 Å². The zero-order chi connectivity index (χ0) is 19.4. The molecule has 0 aliphatic heterocycles. The van der Waals surface area contributed by atoms with Gasteiger partial charge in [0.05, 0.1) is 15.1 Å². The van der Waals surface area contributed by atoms with Gasteiger partial charge in [-0.2, -0.15) is 4.99 Å². The molecular weight excluding hydrogens is 369 g/mol. The number of hydrogen-bond acceptors (Lipinski definition) is 4. The molecule has 1 aromatic heterocycles. The van der Waals surface area contributed by atoms with Gasteiger partial charge in [0.1, 0.15) is 5.82 Å². The smallest absolute Gasteiger partial charge is 0.272 e. The molecule has 8 heteroatoms. The summed E-state index contributed by atoms with van der Waals surface area (Å²) in [4.78, 5) is 26.9. The number of nitro benzene ring substituents is 1. The second kappa shape index (κ2) is 7.88. The average molecular weight is 383 g/mol. The lowest BCUT2D eigenvalue weighted by atomic mass is 10.2. The molecular formula is C19H14FN3O3S. The summed E-state index contributed by atoms with van der Waals surface area (Å²) in [6.45, 7) is 3.96. The third kappa shape index (κ3) is 4.06. The predicted octanol–water partition coefficient (Wildman–Crippen LogP) is 4.08. The van der Waals surface area contributed by atoms with Crippen LogP contribution >= 0.6 is 11.3 Å². The molecule has 1 amide bonds. The minimum Gasteiger partial charge on any atom is -0.310 e. The van der Waals surface area contributed by atoms with Crippen LogP contribution in [0.2, 0.25) is 0 Å². The number of carbonyl (C=O) groups excluding carboxylic acids is 1. The molecule has 0 spiro atoms. The van der Waals surface area contributed by atoms with Crippen LogP contribution in [-0.4, -0.2) is 15.4 Å². The largest absolute Gasteiger partial charge is 0.310 e. The third-order valence-electron chi connectivity index (χ3n) is 3.67. The molecule has 0 saturated heterocycles. The van der Waals surface area contributed by atoms with Crippen LogP contribution in [0.25, 0.3) is 16.3 Å². The highest BCUT2D eigenvalue weighted by molar-refractivity contribution is 7.16. The van der Waals surface area contributed by atoms with E-state index in [-0.39, 0.29) is 5.69 Å². The van der Waals surface area contributed by atoms with E-state index in [1.165, 1.54) is 47.8 Å². The number of aromatic nitrogens is 1. The van der Waals surface area contributed by atoms with Crippen LogP contribution in [0.3, 0.4) is 0 Å². The molecule has 0 aliphatic rings. The fraction of sp³-hybridized carbons (Fsp3) is 0.0526. The van der Waals surface area contributed by atoms with Crippen LogP contribution in [-0.2, 0) is 11.3 Å². The van der Waals surface area contributed by atoms with Crippen molar-refractivity contribution in [3.63, 3.8) is 0 Å². The van der Waals surface area contributed by atoms with Gasteiger partial charge in [-0.15, -0.1) is 6.58 Å². The molecule has 0 fully saturated rings. The van der Waals surface area contributed by atoms with Crippen molar-refractivity contribution in [3.05, 3.63) is 87.5 Å². The van der Waals surface area contributed by atoms with Gasteiger partial charge < -0.3 is 4.57 Å². The Morgan fingerprint density at radius 1 is 1.33 bits per heavy atom. The number of amides is 1. The number of nitrogens with zero attached hydrogens (tertiary/aromatic N) is 3. The summed E-state index contributed by atoms with van der Waals surface area (Å²) < 4.78 is 16.4. The SMILES string of the molecule is C=CCn1c(=NC(=O)/C=C/c2cccc([N+](=O)[O-])c2)sc2cccc(F)c21. The summed E-state index contributed by atoms with van der Waals surface area (Å²) in [6.07, 6.45) is 4.27. The molecule has 3 rings (SSSR count). The maximum atomic E-state index is 14.1. The number of nitro groups is 1. The van der Waals surface area contributed by atoms with Gasteiger partial charge in [-0.25, -0.2) is 4.39 Å². The molecule has 3 aromatic rings. The minimum atomic E-state index is -0.550. The van der Waals surface area contributed by atoms with Crippen molar-refractivity contribution >= 4 is 39.2 Å². The van der Waals surface area contributed by atoms with Crippen LogP contribution in [0.15, 0.2) is 66.2 Å². The number of non-ortho nitro benzene ring substituents is 1. The Morgan fingerprint density at radius 3 is 2.85 bits per heavy atom. The molecule has 0 saturated carbocycles. The van der Waals surface area contributed by atoms with Crippen LogP contribution in [0, 0.1) is 15.9 Å². The summed E-state index contributed by atoms with van der Waals surface area (Å²) in [5.74, 6) is -0.946. The Balaban J connectivity index is 1.97. The van der Waals surface area contributed by atoms with E-state index in [1.54, 1.807) is 28.8 Å². The number of halogens is 1. The zero-order valence-corrected chi connectivity index (χ0v) is 14.9. The monoisotopic (exact) mass is 383 g/mol. The summed E-state index contributed by atoms with van der Waals surface area (Å²) in [6, 6.07) is 10.6. The van der Waals surface area contributed by atoms with Crippen LogP contribution in [0.5, 0.6) is 0 Å². The second-order valence-electron chi connectivity index (χ2n) is 5.51. The van der Waals surface area contributed by atoms with Gasteiger partial charge in [0, 0.05) is 24.8 Å². The van der Waals surface area contributed by atoms with Crippen molar-refractivity contribution in [3.8, 4) is 0 Å². The first kappa shape index (κ1) is 18.4. The first-order valence-electron chi connectivity index (χ1n) is 7.89. The number of fused-ring (bicyclic) bond motifs is 1. The van der Waals surface area contributed by atoms with E-state index in [4.69, 9.17) is 0 Å². The quantitative estimate of drug-likeness (QED) is 0.288. The van der Waals surface area contributed by atoms with Crippen LogP contribution in [0.4, 0.5) is 10.1 Å². The van der Waals surface area contributed by atoms with Crippen molar-refractivity contribution in [2.45, 2.75) is 6.54 Å². The lowest BCUT2D eigenvalue weighted by molar-refractivity contribution is -0.384. The van der Waals surface area contributed by atoms with E-state index in [0.29, 0.717) is 27.1 Å². The highest BCUT2D eigenvalue weighted by Crippen LogP contribution is 2.20. The summed E-state index contributed by atoms with van der Waals surface area (Å²) in [5.41, 5.74) is 0.816. The highest BCUT2D eigenvalue weighted by atomic mass is 32.1. The van der Waals surface area contributed by atoms with Gasteiger partial charge in [-0.3, -0.25) is 14.9 Å². The topological polar surface area (TPSA) is 77.5 Å². The fourth-order valence-corrected chi connectivity index (χ4v) is 3.57. The van der Waals surface area contributed by atoms with Gasteiger partial charge in [0.2, 0.25) is 0 Å². The molecule has 136 valence electrons. The fourth-order valence-electron chi connectivity index (χ4n) is 2.51. The number of benzene rings is 2. The van der Waals surface area contributed by atoms with Gasteiger partial charge in [0.25, 0.3) is 11.6 Å². The van der Waals surface area contributed by atoms with Crippen molar-refractivity contribution in [2.75, 3.05) is 0 Å². The maximum absolute atomic E-state index is 14.1. The van der Waals surface area contributed by atoms with Crippen molar-refractivity contribution < 1.29 is 14.1 Å². The predicted molar refractivity (Wildman–Crippen MR) is 103 cm³/mol. The minimum absolute atomic E-state index is 0.0645. The second-order valence-corrected chi connectivity index (χ2v) is 6.52. The zero-order valence-electron chi connectivity index (χ0n) is 14.0. The van der Waals surface area contributed by atoms with Gasteiger partial charge >= 0.3 is 0 Å². The average Bonchev–Trinajstić information content (AvgIpc) is 2.99. The number of thiazole rings is 1. The molecule has 0 unspecified atom stereocenters. The Kier molecular flexibility index (Phi) is 5.37. The Morgan fingerprint density at radius 2 is 2.11 bits per heavy atom. The standard InChI is InChI=1S/C19H14FN3O3S/c1-2-11-22-18-15(20)7-4-8-16(18)27-19(22)21-17(24)10-9-13-5-3-6-14(12-13)23(25)26/h2-10,12H,1,11H2/b10-9+,21-19?. The lowest BCUT2D eigenvalue weighted by Gasteiger charge is -2.01. The van der Waals surface area contributed by atoms with Gasteiger partial charge in [-0.05, 0) is 23.8 Å². The van der Waals surface area contributed by atoms with E-state index in [2.05, 4.69) is 11.6 Å². The molecule has 0 aliphatic carbocycles. The molecule has 27 heavy (non-hydrogen) atoms. The molecule has 1 heterocycles. The van der Waals surface area contributed by atoms with E-state index >= 15 is 0 Å². The van der Waals surface area contributed by atoms with E-state index in [1.807, 2.05) is 0 Å². The number of rotatable bonds is 5. The van der Waals surface area contributed by atoms with Gasteiger partial charge in [-0.1, -0.05) is 35.6 Å². The number of carbonyl (C=O) groups is 1. The summed E-state index contributed by atoms with van der Waals surface area (Å²) in [7, 11) is 0. The van der Waals surface area contributed by atoms with Crippen LogP contribution in [0.1, 0.15) is 5.56 Å². The normalized spacial score (nSPS) is 12.0. The molecule has 0 bridgehead atoms.